The van der Waals surface area contributed by atoms with E-state index in [1.807, 2.05) is 0 Å². The van der Waals surface area contributed by atoms with E-state index in [9.17, 15) is 9.18 Å². The minimum Gasteiger partial charge on any atom is -0.463 e. The fourth-order valence-electron chi connectivity index (χ4n) is 7.46. The van der Waals surface area contributed by atoms with Crippen LogP contribution in [0.2, 0.25) is 0 Å². The zero-order valence-corrected chi connectivity index (χ0v) is 22.7. The van der Waals surface area contributed by atoms with Crippen LogP contribution in [0, 0.1) is 23.1 Å². The fraction of sp³-hybridized carbons (Fsp3) is 0.724. The second kappa shape index (κ2) is 10.4. The lowest BCUT2D eigenvalue weighted by Gasteiger charge is -2.49. The van der Waals surface area contributed by atoms with Crippen LogP contribution in [0.5, 0.6) is 6.01 Å². The Kier molecular flexibility index (Phi) is 6.79. The van der Waals surface area contributed by atoms with Crippen LogP contribution in [0.15, 0.2) is 12.4 Å². The van der Waals surface area contributed by atoms with Crippen molar-refractivity contribution in [2.75, 3.05) is 64.0 Å². The first kappa shape index (κ1) is 25.4. The summed E-state index contributed by atoms with van der Waals surface area (Å²) in [6.45, 7) is 7.35. The zero-order valence-electron chi connectivity index (χ0n) is 22.7. The highest BCUT2D eigenvalue weighted by atomic mass is 19.1. The van der Waals surface area contributed by atoms with Crippen molar-refractivity contribution in [3.63, 3.8) is 0 Å². The molecule has 7 rings (SSSR count). The van der Waals surface area contributed by atoms with Gasteiger partial charge < -0.3 is 19.3 Å². The van der Waals surface area contributed by atoms with Gasteiger partial charge in [-0.25, -0.2) is 4.39 Å². The van der Waals surface area contributed by atoms with Gasteiger partial charge in [-0.1, -0.05) is 6.42 Å². The summed E-state index contributed by atoms with van der Waals surface area (Å²) in [6.07, 6.45) is 11.7. The molecule has 2 aromatic rings. The Bertz CT molecular complexity index is 1210. The van der Waals surface area contributed by atoms with Crippen molar-refractivity contribution in [2.45, 2.75) is 57.4 Å². The number of likely N-dealkylation sites (tertiary alicyclic amines) is 2. The molecule has 1 amide bonds. The lowest BCUT2D eigenvalue weighted by Crippen LogP contribution is -2.58. The number of hydrogen-bond donors (Lipinski definition) is 0. The van der Waals surface area contributed by atoms with Gasteiger partial charge in [-0.2, -0.15) is 9.97 Å². The van der Waals surface area contributed by atoms with Crippen LogP contribution >= 0.6 is 0 Å². The van der Waals surface area contributed by atoms with E-state index < -0.39 is 5.82 Å². The SMILES string of the molecule is O=C(C1CC1)N1CC(CN2CCC[C@@]3(COc4nc(N5CCCOCC5)c5cncc(F)c5n4)CCC[C@@H]23)C1. The number of anilines is 1. The summed E-state index contributed by atoms with van der Waals surface area (Å²) in [6, 6.07) is 0.723. The first-order valence-electron chi connectivity index (χ1n) is 14.9. The number of carbonyl (C=O) groups is 1. The van der Waals surface area contributed by atoms with Crippen LogP contribution in [-0.4, -0.2) is 95.8 Å². The van der Waals surface area contributed by atoms with E-state index in [2.05, 4.69) is 24.7 Å². The summed E-state index contributed by atoms with van der Waals surface area (Å²) >= 11 is 0. The first-order chi connectivity index (χ1) is 19.1. The second-order valence-corrected chi connectivity index (χ2v) is 12.3. The third kappa shape index (κ3) is 4.94. The van der Waals surface area contributed by atoms with Crippen LogP contribution < -0.4 is 9.64 Å². The molecule has 2 saturated carbocycles. The van der Waals surface area contributed by atoms with Crippen LogP contribution in [0.3, 0.4) is 0 Å². The van der Waals surface area contributed by atoms with Crippen molar-refractivity contribution in [1.82, 2.24) is 24.8 Å². The molecular weight excluding hydrogens is 499 g/mol. The summed E-state index contributed by atoms with van der Waals surface area (Å²) < 4.78 is 26.9. The Balaban J connectivity index is 1.07. The molecule has 5 aliphatic rings. The van der Waals surface area contributed by atoms with E-state index in [1.54, 1.807) is 6.20 Å². The van der Waals surface area contributed by atoms with Crippen LogP contribution in [0.1, 0.15) is 51.4 Å². The van der Waals surface area contributed by atoms with Gasteiger partial charge in [0.1, 0.15) is 11.3 Å². The average molecular weight is 539 g/mol. The maximum Gasteiger partial charge on any atom is 0.319 e. The molecule has 0 N–H and O–H groups in total. The van der Waals surface area contributed by atoms with Gasteiger partial charge in [-0.15, -0.1) is 0 Å². The number of fused-ring (bicyclic) bond motifs is 2. The van der Waals surface area contributed by atoms with E-state index in [1.165, 1.54) is 19.0 Å². The van der Waals surface area contributed by atoms with Gasteiger partial charge >= 0.3 is 6.01 Å². The summed E-state index contributed by atoms with van der Waals surface area (Å²) in [4.78, 5) is 32.7. The van der Waals surface area contributed by atoms with Crippen molar-refractivity contribution in [3.8, 4) is 6.01 Å². The van der Waals surface area contributed by atoms with Crippen molar-refractivity contribution < 1.29 is 18.7 Å². The summed E-state index contributed by atoms with van der Waals surface area (Å²) in [7, 11) is 0. The van der Waals surface area contributed by atoms with Crippen molar-refractivity contribution in [1.29, 1.82) is 0 Å². The molecule has 210 valence electrons. The van der Waals surface area contributed by atoms with Gasteiger partial charge in [0.2, 0.25) is 5.91 Å². The Morgan fingerprint density at radius 1 is 1.05 bits per heavy atom. The van der Waals surface area contributed by atoms with E-state index in [0.717, 1.165) is 71.2 Å². The molecule has 9 nitrogen and oxygen atoms in total. The van der Waals surface area contributed by atoms with E-state index in [4.69, 9.17) is 14.5 Å². The molecule has 0 spiro atoms. The van der Waals surface area contributed by atoms with Crippen molar-refractivity contribution in [3.05, 3.63) is 18.2 Å². The molecular formula is C29H39FN6O3. The van der Waals surface area contributed by atoms with Crippen molar-refractivity contribution in [2.24, 2.45) is 17.3 Å². The standard InChI is InChI=1S/C29H39FN6O3/c30-23-15-31-14-22-25(23)32-28(33-26(22)34-10-3-12-38-13-11-34)39-19-29-7-1-4-24(29)35(9-2-8-29)16-20-17-36(18-20)27(37)21-5-6-21/h14-15,20-21,24H,1-13,16-19H2/t24-,29-/m1/s1. The van der Waals surface area contributed by atoms with Crippen LogP contribution in [0.25, 0.3) is 10.9 Å². The maximum atomic E-state index is 14.9. The Labute approximate surface area is 229 Å². The van der Waals surface area contributed by atoms with Crippen LogP contribution in [0.4, 0.5) is 10.2 Å². The number of aromatic nitrogens is 3. The Hall–Kier alpha value is -2.59. The first-order valence-corrected chi connectivity index (χ1v) is 14.9. The predicted molar refractivity (Wildman–Crippen MR) is 144 cm³/mol. The lowest BCUT2D eigenvalue weighted by atomic mass is 9.75. The predicted octanol–water partition coefficient (Wildman–Crippen LogP) is 3.27. The highest BCUT2D eigenvalue weighted by molar-refractivity contribution is 5.89. The number of ether oxygens (including phenoxy) is 2. The number of hydrogen-bond acceptors (Lipinski definition) is 8. The number of carbonyl (C=O) groups excluding carboxylic acids is 1. The van der Waals surface area contributed by atoms with E-state index in [-0.39, 0.29) is 16.9 Å². The largest absolute Gasteiger partial charge is 0.463 e. The highest BCUT2D eigenvalue weighted by Gasteiger charge is 2.49. The molecule has 0 radical (unpaired) electrons. The summed E-state index contributed by atoms with van der Waals surface area (Å²) in [5, 5.41) is 0.611. The highest BCUT2D eigenvalue weighted by Crippen LogP contribution is 2.48. The topological polar surface area (TPSA) is 83.9 Å². The summed E-state index contributed by atoms with van der Waals surface area (Å²) in [5.74, 6) is 1.49. The number of rotatable bonds is 7. The zero-order chi connectivity index (χ0) is 26.4. The lowest BCUT2D eigenvalue weighted by molar-refractivity contribution is -0.140. The molecule has 10 heteroatoms. The maximum absolute atomic E-state index is 14.9. The molecule has 3 saturated heterocycles. The molecule has 3 aliphatic heterocycles. The van der Waals surface area contributed by atoms with Gasteiger partial charge in [0.25, 0.3) is 0 Å². The molecule has 2 aromatic heterocycles. The van der Waals surface area contributed by atoms with E-state index >= 15 is 0 Å². The third-order valence-electron chi connectivity index (χ3n) is 9.64. The number of halogens is 1. The van der Waals surface area contributed by atoms with Crippen molar-refractivity contribution >= 4 is 22.6 Å². The normalized spacial score (nSPS) is 28.3. The molecule has 2 atom stereocenters. The minimum atomic E-state index is -0.456. The molecule has 0 bridgehead atoms. The van der Waals surface area contributed by atoms with E-state index in [0.29, 0.717) is 61.4 Å². The molecule has 0 unspecified atom stereocenters. The number of amides is 1. The molecule has 5 heterocycles. The number of nitrogens with zero attached hydrogens (tertiary/aromatic N) is 6. The molecule has 2 aliphatic carbocycles. The monoisotopic (exact) mass is 538 g/mol. The Morgan fingerprint density at radius 2 is 1.92 bits per heavy atom. The Morgan fingerprint density at radius 3 is 2.79 bits per heavy atom. The van der Waals surface area contributed by atoms with Crippen LogP contribution in [-0.2, 0) is 9.53 Å². The number of pyridine rings is 1. The van der Waals surface area contributed by atoms with Gasteiger partial charge in [0, 0.05) is 68.8 Å². The van der Waals surface area contributed by atoms with Gasteiger partial charge in [-0.05, 0) is 51.5 Å². The van der Waals surface area contributed by atoms with Gasteiger partial charge in [0.15, 0.2) is 5.82 Å². The summed E-state index contributed by atoms with van der Waals surface area (Å²) in [5.41, 5.74) is 0.327. The molecule has 0 aromatic carbocycles. The molecule has 5 fully saturated rings. The third-order valence-corrected chi connectivity index (χ3v) is 9.64. The molecule has 39 heavy (non-hydrogen) atoms. The average Bonchev–Trinajstić information content (AvgIpc) is 3.73. The minimum absolute atomic E-state index is 0.0667. The second-order valence-electron chi connectivity index (χ2n) is 12.3. The van der Waals surface area contributed by atoms with Gasteiger partial charge in [0.05, 0.1) is 24.8 Å². The van der Waals surface area contributed by atoms with Gasteiger partial charge in [-0.3, -0.25) is 14.7 Å². The fourth-order valence-corrected chi connectivity index (χ4v) is 7.46. The number of piperidine rings is 1. The quantitative estimate of drug-likeness (QED) is 0.531. The smallest absolute Gasteiger partial charge is 0.319 e.